The van der Waals surface area contributed by atoms with Gasteiger partial charge in [0, 0.05) is 38.9 Å². The van der Waals surface area contributed by atoms with E-state index in [-0.39, 0.29) is 24.7 Å². The Balaban J connectivity index is 1.50. The van der Waals surface area contributed by atoms with E-state index in [9.17, 15) is 13.6 Å². The standard InChI is InChI=1S/C16H25F2N3O2/c1-2-5-19-14(22)13-9-15(23-20-13)4-3-6-21(11-15)10-12-7-16(17,18)8-12/h12H,2-11H2,1H3,(H,19,22)/t15-/m1/s1. The van der Waals surface area contributed by atoms with E-state index >= 15 is 0 Å². The monoisotopic (exact) mass is 329 g/mol. The van der Waals surface area contributed by atoms with Gasteiger partial charge in [-0.25, -0.2) is 8.78 Å². The Morgan fingerprint density at radius 1 is 1.48 bits per heavy atom. The van der Waals surface area contributed by atoms with Crippen molar-refractivity contribution in [2.45, 2.75) is 57.0 Å². The first-order valence-corrected chi connectivity index (χ1v) is 8.55. The van der Waals surface area contributed by atoms with Gasteiger partial charge in [0.25, 0.3) is 5.91 Å². The SMILES string of the molecule is CCCNC(=O)C1=NO[C@]2(CCCN(CC3CC(F)(F)C3)C2)C1. The summed E-state index contributed by atoms with van der Waals surface area (Å²) in [7, 11) is 0. The summed E-state index contributed by atoms with van der Waals surface area (Å²) < 4.78 is 25.9. The fraction of sp³-hybridized carbons (Fsp3) is 0.875. The Morgan fingerprint density at radius 2 is 2.26 bits per heavy atom. The average molecular weight is 329 g/mol. The molecule has 0 unspecified atom stereocenters. The maximum absolute atomic E-state index is 13.0. The van der Waals surface area contributed by atoms with Crippen LogP contribution in [-0.4, -0.2) is 54.2 Å². The van der Waals surface area contributed by atoms with Gasteiger partial charge in [0.05, 0.1) is 0 Å². The smallest absolute Gasteiger partial charge is 0.269 e. The molecule has 7 heteroatoms. The van der Waals surface area contributed by atoms with E-state index in [2.05, 4.69) is 15.4 Å². The minimum Gasteiger partial charge on any atom is -0.387 e. The molecule has 1 aliphatic carbocycles. The van der Waals surface area contributed by atoms with Crippen LogP contribution in [0.2, 0.25) is 0 Å². The second kappa shape index (κ2) is 6.34. The molecule has 0 aromatic heterocycles. The van der Waals surface area contributed by atoms with E-state index < -0.39 is 11.5 Å². The van der Waals surface area contributed by atoms with Crippen LogP contribution >= 0.6 is 0 Å². The number of hydrogen-bond acceptors (Lipinski definition) is 4. The van der Waals surface area contributed by atoms with Crippen LogP contribution in [-0.2, 0) is 9.63 Å². The molecule has 1 spiro atoms. The van der Waals surface area contributed by atoms with Crippen LogP contribution in [0.1, 0.15) is 45.4 Å². The predicted molar refractivity (Wildman–Crippen MR) is 82.5 cm³/mol. The zero-order valence-electron chi connectivity index (χ0n) is 13.6. The first kappa shape index (κ1) is 16.6. The average Bonchev–Trinajstić information content (AvgIpc) is 2.86. The van der Waals surface area contributed by atoms with Gasteiger partial charge in [-0.3, -0.25) is 9.69 Å². The van der Waals surface area contributed by atoms with E-state index in [1.54, 1.807) is 0 Å². The molecule has 1 amide bonds. The van der Waals surface area contributed by atoms with E-state index in [0.29, 0.717) is 31.8 Å². The van der Waals surface area contributed by atoms with Crippen molar-refractivity contribution in [3.8, 4) is 0 Å². The zero-order valence-corrected chi connectivity index (χ0v) is 13.6. The molecule has 1 saturated carbocycles. The lowest BCUT2D eigenvalue weighted by Crippen LogP contribution is -2.52. The molecular formula is C16H25F2N3O2. The highest BCUT2D eigenvalue weighted by Crippen LogP contribution is 2.43. The second-order valence-electron chi connectivity index (χ2n) is 7.21. The quantitative estimate of drug-likeness (QED) is 0.841. The normalized spacial score (nSPS) is 30.7. The molecule has 0 bridgehead atoms. The van der Waals surface area contributed by atoms with Crippen molar-refractivity contribution in [3.05, 3.63) is 0 Å². The fourth-order valence-corrected chi connectivity index (χ4v) is 3.83. The fourth-order valence-electron chi connectivity index (χ4n) is 3.83. The van der Waals surface area contributed by atoms with Gasteiger partial charge in [-0.2, -0.15) is 0 Å². The Labute approximate surface area is 135 Å². The van der Waals surface area contributed by atoms with Gasteiger partial charge in [0.15, 0.2) is 5.60 Å². The van der Waals surface area contributed by atoms with Crippen molar-refractivity contribution in [2.24, 2.45) is 11.1 Å². The van der Waals surface area contributed by atoms with Crippen LogP contribution in [0.3, 0.4) is 0 Å². The highest BCUT2D eigenvalue weighted by Gasteiger charge is 2.48. The number of nitrogens with one attached hydrogen (secondary N) is 1. The molecular weight excluding hydrogens is 304 g/mol. The van der Waals surface area contributed by atoms with Crippen molar-refractivity contribution < 1.29 is 18.4 Å². The summed E-state index contributed by atoms with van der Waals surface area (Å²) >= 11 is 0. The van der Waals surface area contributed by atoms with Crippen LogP contribution in [0.4, 0.5) is 8.78 Å². The predicted octanol–water partition coefficient (Wildman–Crippen LogP) is 2.17. The number of piperidine rings is 1. The molecule has 1 N–H and O–H groups in total. The summed E-state index contributed by atoms with van der Waals surface area (Å²) in [6.07, 6.45) is 3.20. The maximum atomic E-state index is 13.0. The number of rotatable bonds is 5. The minimum atomic E-state index is -2.46. The molecule has 0 aromatic carbocycles. The lowest BCUT2D eigenvalue weighted by molar-refractivity contribution is -0.126. The van der Waals surface area contributed by atoms with Crippen molar-refractivity contribution >= 4 is 11.6 Å². The summed E-state index contributed by atoms with van der Waals surface area (Å²) in [4.78, 5) is 19.8. The number of carbonyl (C=O) groups is 1. The van der Waals surface area contributed by atoms with Crippen LogP contribution in [0, 0.1) is 5.92 Å². The van der Waals surface area contributed by atoms with Crippen LogP contribution in [0.15, 0.2) is 5.16 Å². The third-order valence-corrected chi connectivity index (χ3v) is 4.95. The number of oxime groups is 1. The number of likely N-dealkylation sites (tertiary alicyclic amines) is 1. The molecule has 0 aromatic rings. The van der Waals surface area contributed by atoms with Crippen LogP contribution in [0.25, 0.3) is 0 Å². The van der Waals surface area contributed by atoms with E-state index in [1.165, 1.54) is 0 Å². The highest BCUT2D eigenvalue weighted by molar-refractivity contribution is 6.39. The van der Waals surface area contributed by atoms with Crippen LogP contribution < -0.4 is 5.32 Å². The molecule has 1 saturated heterocycles. The number of carbonyl (C=O) groups excluding carboxylic acids is 1. The summed E-state index contributed by atoms with van der Waals surface area (Å²) in [5.74, 6) is -2.54. The van der Waals surface area contributed by atoms with E-state index in [0.717, 1.165) is 25.8 Å². The number of alkyl halides is 2. The van der Waals surface area contributed by atoms with E-state index in [4.69, 9.17) is 4.84 Å². The topological polar surface area (TPSA) is 53.9 Å². The number of nitrogens with zero attached hydrogens (tertiary/aromatic N) is 2. The summed E-state index contributed by atoms with van der Waals surface area (Å²) in [5.41, 5.74) is 0.0131. The third kappa shape index (κ3) is 3.82. The zero-order chi connectivity index (χ0) is 16.5. The van der Waals surface area contributed by atoms with Crippen molar-refractivity contribution in [3.63, 3.8) is 0 Å². The Bertz CT molecular complexity index is 490. The summed E-state index contributed by atoms with van der Waals surface area (Å²) in [5, 5.41) is 6.81. The van der Waals surface area contributed by atoms with Crippen molar-refractivity contribution in [1.29, 1.82) is 0 Å². The highest BCUT2D eigenvalue weighted by atomic mass is 19.3. The van der Waals surface area contributed by atoms with Gasteiger partial charge in [0.1, 0.15) is 5.71 Å². The molecule has 1 atom stereocenters. The van der Waals surface area contributed by atoms with Gasteiger partial charge >= 0.3 is 0 Å². The molecule has 2 heterocycles. The molecule has 0 radical (unpaired) electrons. The maximum Gasteiger partial charge on any atom is 0.269 e. The van der Waals surface area contributed by atoms with Gasteiger partial charge in [-0.05, 0) is 31.7 Å². The Kier molecular flexibility index (Phi) is 4.58. The van der Waals surface area contributed by atoms with E-state index in [1.807, 2.05) is 6.92 Å². The van der Waals surface area contributed by atoms with Gasteiger partial charge in [-0.15, -0.1) is 0 Å². The lowest BCUT2D eigenvalue weighted by atomic mass is 9.80. The number of amides is 1. The molecule has 2 aliphatic heterocycles. The molecule has 3 rings (SSSR count). The molecule has 23 heavy (non-hydrogen) atoms. The second-order valence-corrected chi connectivity index (χ2v) is 7.21. The van der Waals surface area contributed by atoms with Crippen LogP contribution in [0.5, 0.6) is 0 Å². The minimum absolute atomic E-state index is 0.00146. The number of halogens is 2. The Morgan fingerprint density at radius 3 is 2.96 bits per heavy atom. The largest absolute Gasteiger partial charge is 0.387 e. The number of hydrogen-bond donors (Lipinski definition) is 1. The molecule has 2 fully saturated rings. The lowest BCUT2D eigenvalue weighted by Gasteiger charge is -2.43. The molecule has 3 aliphatic rings. The summed E-state index contributed by atoms with van der Waals surface area (Å²) in [6, 6.07) is 0. The Hall–Kier alpha value is -1.24. The summed E-state index contributed by atoms with van der Waals surface area (Å²) in [6.45, 7) is 4.90. The van der Waals surface area contributed by atoms with Crippen molar-refractivity contribution in [2.75, 3.05) is 26.2 Å². The third-order valence-electron chi connectivity index (χ3n) is 4.95. The van der Waals surface area contributed by atoms with Crippen molar-refractivity contribution in [1.82, 2.24) is 10.2 Å². The first-order chi connectivity index (χ1) is 10.9. The van der Waals surface area contributed by atoms with Gasteiger partial charge in [0.2, 0.25) is 5.92 Å². The van der Waals surface area contributed by atoms with Gasteiger partial charge in [-0.1, -0.05) is 12.1 Å². The molecule has 130 valence electrons. The first-order valence-electron chi connectivity index (χ1n) is 8.55. The molecule has 5 nitrogen and oxygen atoms in total. The van der Waals surface area contributed by atoms with Gasteiger partial charge < -0.3 is 10.2 Å².